The second-order valence-electron chi connectivity index (χ2n) is 5.27. The van der Waals surface area contributed by atoms with Crippen LogP contribution in [-0.2, 0) is 14.3 Å². The van der Waals surface area contributed by atoms with Crippen molar-refractivity contribution in [2.75, 3.05) is 6.61 Å². The van der Waals surface area contributed by atoms with Crippen molar-refractivity contribution in [3.8, 4) is 0 Å². The van der Waals surface area contributed by atoms with Crippen molar-refractivity contribution in [3.63, 3.8) is 0 Å². The fourth-order valence-corrected chi connectivity index (χ4v) is 3.10. The van der Waals surface area contributed by atoms with E-state index in [0.717, 1.165) is 37.7 Å². The molecule has 104 valence electrons. The van der Waals surface area contributed by atoms with Crippen LogP contribution in [0.1, 0.15) is 46.0 Å². The normalized spacial score (nSPS) is 24.7. The van der Waals surface area contributed by atoms with Crippen molar-refractivity contribution in [3.05, 3.63) is 23.3 Å². The molecular weight excluding hydrogens is 240 g/mol. The number of Topliss-reactive ketones (excluding diaryl/α,β-unsaturated/α-hetero) is 1. The average molecular weight is 262 g/mol. The molecule has 0 N–H and O–H groups in total. The van der Waals surface area contributed by atoms with Crippen LogP contribution in [0, 0.1) is 11.8 Å². The molecule has 0 aliphatic heterocycles. The van der Waals surface area contributed by atoms with Crippen LogP contribution in [0.25, 0.3) is 0 Å². The number of ether oxygens (including phenoxy) is 1. The number of allylic oxidation sites excluding steroid dienone is 3. The van der Waals surface area contributed by atoms with Gasteiger partial charge in [0.2, 0.25) is 0 Å². The molecule has 0 aromatic carbocycles. The van der Waals surface area contributed by atoms with Crippen LogP contribution in [0.4, 0.5) is 0 Å². The van der Waals surface area contributed by atoms with Gasteiger partial charge in [0, 0.05) is 11.5 Å². The Hall–Kier alpha value is -1.38. The lowest BCUT2D eigenvalue weighted by Crippen LogP contribution is -2.31. The number of hydrogen-bond donors (Lipinski definition) is 0. The zero-order chi connectivity index (χ0) is 13.8. The summed E-state index contributed by atoms with van der Waals surface area (Å²) in [7, 11) is 0. The van der Waals surface area contributed by atoms with Crippen LogP contribution in [0.15, 0.2) is 23.3 Å². The third kappa shape index (κ3) is 2.80. The molecule has 0 radical (unpaired) electrons. The molecule has 3 heteroatoms. The van der Waals surface area contributed by atoms with Gasteiger partial charge < -0.3 is 4.74 Å². The van der Waals surface area contributed by atoms with Gasteiger partial charge in [0.15, 0.2) is 0 Å². The molecule has 0 unspecified atom stereocenters. The van der Waals surface area contributed by atoms with Gasteiger partial charge in [-0.15, -0.1) is 0 Å². The second-order valence-corrected chi connectivity index (χ2v) is 5.27. The van der Waals surface area contributed by atoms with Crippen molar-refractivity contribution in [1.29, 1.82) is 0 Å². The second kappa shape index (κ2) is 6.18. The fourth-order valence-electron chi connectivity index (χ4n) is 3.10. The zero-order valence-electron chi connectivity index (χ0n) is 11.8. The smallest absolute Gasteiger partial charge is 0.379 e. The van der Waals surface area contributed by atoms with Crippen LogP contribution in [0.2, 0.25) is 0 Å². The first-order valence-electron chi connectivity index (χ1n) is 7.31. The SMILES string of the molecule is CCCCC1=C(C(=O)C(=O)OCC)[C@H]2C=C[C@@H]1CC2. The summed E-state index contributed by atoms with van der Waals surface area (Å²) in [5, 5.41) is 0. The van der Waals surface area contributed by atoms with Crippen LogP contribution in [0.3, 0.4) is 0 Å². The average Bonchev–Trinajstić information content (AvgIpc) is 2.45. The molecule has 0 fully saturated rings. The van der Waals surface area contributed by atoms with Crippen molar-refractivity contribution in [1.82, 2.24) is 0 Å². The quantitative estimate of drug-likeness (QED) is 0.419. The first-order valence-corrected chi connectivity index (χ1v) is 7.31. The van der Waals surface area contributed by atoms with E-state index in [0.29, 0.717) is 5.92 Å². The van der Waals surface area contributed by atoms with E-state index in [9.17, 15) is 9.59 Å². The third-order valence-corrected chi connectivity index (χ3v) is 4.03. The topological polar surface area (TPSA) is 43.4 Å². The summed E-state index contributed by atoms with van der Waals surface area (Å²) in [5.74, 6) is -0.599. The molecule has 0 amide bonds. The van der Waals surface area contributed by atoms with Gasteiger partial charge >= 0.3 is 5.97 Å². The lowest BCUT2D eigenvalue weighted by atomic mass is 9.69. The number of ketones is 1. The number of esters is 1. The number of carbonyl (C=O) groups excluding carboxylic acids is 2. The molecule has 2 atom stereocenters. The maximum Gasteiger partial charge on any atom is 0.379 e. The van der Waals surface area contributed by atoms with E-state index in [4.69, 9.17) is 4.74 Å². The molecule has 2 bridgehead atoms. The highest BCUT2D eigenvalue weighted by Crippen LogP contribution is 2.43. The maximum absolute atomic E-state index is 12.3. The van der Waals surface area contributed by atoms with Crippen molar-refractivity contribution >= 4 is 11.8 Å². The van der Waals surface area contributed by atoms with E-state index in [1.54, 1.807) is 6.92 Å². The Labute approximate surface area is 114 Å². The number of fused-ring (bicyclic) bond motifs is 1. The van der Waals surface area contributed by atoms with Gasteiger partial charge in [0.1, 0.15) is 0 Å². The largest absolute Gasteiger partial charge is 0.460 e. The first kappa shape index (κ1) is 14.0. The molecule has 3 rings (SSSR count). The van der Waals surface area contributed by atoms with Gasteiger partial charge in [-0.25, -0.2) is 4.79 Å². The minimum atomic E-state index is -0.688. The molecule has 0 aromatic heterocycles. The minimum Gasteiger partial charge on any atom is -0.460 e. The molecule has 3 aliphatic rings. The number of unbranched alkanes of at least 4 members (excludes halogenated alkanes) is 1. The Morgan fingerprint density at radius 2 is 1.89 bits per heavy atom. The van der Waals surface area contributed by atoms with Crippen molar-refractivity contribution < 1.29 is 14.3 Å². The molecule has 3 aliphatic carbocycles. The Morgan fingerprint density at radius 1 is 1.21 bits per heavy atom. The van der Waals surface area contributed by atoms with Gasteiger partial charge in [-0.05, 0) is 38.5 Å². The molecule has 0 aromatic rings. The summed E-state index contributed by atoms with van der Waals surface area (Å²) in [6.07, 6.45) is 9.51. The summed E-state index contributed by atoms with van der Waals surface area (Å²) in [5.41, 5.74) is 1.93. The standard InChI is InChI=1S/C16H22O3/c1-3-5-6-13-11-7-9-12(10-8-11)14(13)15(17)16(18)19-4-2/h7,9,11-12H,3-6,8,10H2,1-2H3/t11-,12+/m1/s1. The fraction of sp³-hybridized carbons (Fsp3) is 0.625. The highest BCUT2D eigenvalue weighted by molar-refractivity contribution is 6.40. The van der Waals surface area contributed by atoms with E-state index < -0.39 is 11.8 Å². The molecule has 0 saturated carbocycles. The van der Waals surface area contributed by atoms with E-state index in [1.807, 2.05) is 0 Å². The Kier molecular flexibility index (Phi) is 4.56. The van der Waals surface area contributed by atoms with Crippen LogP contribution in [0.5, 0.6) is 0 Å². The summed E-state index contributed by atoms with van der Waals surface area (Å²) in [6, 6.07) is 0. The number of hydrogen-bond acceptors (Lipinski definition) is 3. The Balaban J connectivity index is 2.26. The van der Waals surface area contributed by atoms with Crippen LogP contribution in [-0.4, -0.2) is 18.4 Å². The van der Waals surface area contributed by atoms with E-state index >= 15 is 0 Å². The van der Waals surface area contributed by atoms with Gasteiger partial charge in [0.05, 0.1) is 6.61 Å². The maximum atomic E-state index is 12.3. The summed E-state index contributed by atoms with van der Waals surface area (Å²) in [6.45, 7) is 4.13. The zero-order valence-corrected chi connectivity index (χ0v) is 11.8. The molecular formula is C16H22O3. The van der Waals surface area contributed by atoms with Gasteiger partial charge in [-0.1, -0.05) is 31.1 Å². The Bertz CT molecular complexity index is 431. The molecule has 0 spiro atoms. The predicted molar refractivity (Wildman–Crippen MR) is 73.5 cm³/mol. The lowest BCUT2D eigenvalue weighted by molar-refractivity contribution is -0.152. The van der Waals surface area contributed by atoms with Crippen molar-refractivity contribution in [2.24, 2.45) is 11.8 Å². The summed E-state index contributed by atoms with van der Waals surface area (Å²) < 4.78 is 4.87. The van der Waals surface area contributed by atoms with E-state index in [1.165, 1.54) is 5.57 Å². The molecule has 0 heterocycles. The number of carbonyl (C=O) groups is 2. The summed E-state index contributed by atoms with van der Waals surface area (Å²) >= 11 is 0. The molecule has 3 nitrogen and oxygen atoms in total. The van der Waals surface area contributed by atoms with Gasteiger partial charge in [-0.2, -0.15) is 0 Å². The highest BCUT2D eigenvalue weighted by Gasteiger charge is 2.37. The van der Waals surface area contributed by atoms with Crippen molar-refractivity contribution in [2.45, 2.75) is 46.0 Å². The third-order valence-electron chi connectivity index (χ3n) is 4.03. The minimum absolute atomic E-state index is 0.133. The monoisotopic (exact) mass is 262 g/mol. The first-order chi connectivity index (χ1) is 9.19. The lowest BCUT2D eigenvalue weighted by Gasteiger charge is -2.35. The summed E-state index contributed by atoms with van der Waals surface area (Å²) in [4.78, 5) is 24.0. The Morgan fingerprint density at radius 3 is 2.47 bits per heavy atom. The van der Waals surface area contributed by atoms with E-state index in [-0.39, 0.29) is 12.5 Å². The number of rotatable bonds is 6. The van der Waals surface area contributed by atoms with E-state index in [2.05, 4.69) is 19.1 Å². The van der Waals surface area contributed by atoms with Gasteiger partial charge in [-0.3, -0.25) is 4.79 Å². The van der Waals surface area contributed by atoms with Gasteiger partial charge in [0.25, 0.3) is 5.78 Å². The van der Waals surface area contributed by atoms with Crippen LogP contribution < -0.4 is 0 Å². The highest BCUT2D eigenvalue weighted by atomic mass is 16.5. The molecule has 19 heavy (non-hydrogen) atoms. The van der Waals surface area contributed by atoms with Crippen LogP contribution >= 0.6 is 0 Å². The molecule has 0 saturated heterocycles. The predicted octanol–water partition coefficient (Wildman–Crippen LogP) is 3.20.